The van der Waals surface area contributed by atoms with Gasteiger partial charge in [0.25, 0.3) is 6.43 Å². The van der Waals surface area contributed by atoms with Crippen LogP contribution in [0, 0.1) is 6.92 Å². The molecule has 5 aromatic rings. The van der Waals surface area contributed by atoms with Crippen molar-refractivity contribution in [1.82, 2.24) is 29.1 Å². The van der Waals surface area contributed by atoms with Crippen molar-refractivity contribution in [2.75, 3.05) is 0 Å². The number of aryl methyl sites for hydroxylation is 1. The number of imidazole rings is 2. The molecule has 6 nitrogen and oxygen atoms in total. The molecular weight excluding hydrogens is 386 g/mol. The minimum Gasteiger partial charge on any atom is -0.298 e. The third-order valence-corrected chi connectivity index (χ3v) is 4.84. The fraction of sp³-hybridized carbons (Fsp3) is 0.0909. The Morgan fingerprint density at radius 2 is 1.67 bits per heavy atom. The quantitative estimate of drug-likeness (QED) is 0.428. The third kappa shape index (κ3) is 3.02. The molecular formula is C22H16F2N6. The van der Waals surface area contributed by atoms with Crippen molar-refractivity contribution >= 4 is 11.2 Å². The van der Waals surface area contributed by atoms with E-state index in [2.05, 4.69) is 19.9 Å². The Bertz CT molecular complexity index is 1320. The van der Waals surface area contributed by atoms with Gasteiger partial charge < -0.3 is 0 Å². The van der Waals surface area contributed by atoms with Gasteiger partial charge in [-0.2, -0.15) is 0 Å². The average Bonchev–Trinajstić information content (AvgIpc) is 3.40. The summed E-state index contributed by atoms with van der Waals surface area (Å²) in [6.45, 7) is 1.93. The van der Waals surface area contributed by atoms with E-state index >= 15 is 0 Å². The molecule has 148 valence electrons. The fourth-order valence-electron chi connectivity index (χ4n) is 3.42. The van der Waals surface area contributed by atoms with E-state index < -0.39 is 6.43 Å². The number of rotatable bonds is 4. The summed E-state index contributed by atoms with van der Waals surface area (Å²) < 4.78 is 30.5. The SMILES string of the molecule is Cc1ccc(-n2ccnc2-c2ccc(-n3c(C(F)F)nc4cccnc43)cc2)cn1. The molecule has 8 heteroatoms. The molecule has 0 spiro atoms. The van der Waals surface area contributed by atoms with Crippen LogP contribution in [-0.4, -0.2) is 29.1 Å². The molecule has 30 heavy (non-hydrogen) atoms. The zero-order valence-corrected chi connectivity index (χ0v) is 15.9. The molecule has 5 rings (SSSR count). The van der Waals surface area contributed by atoms with Crippen molar-refractivity contribution in [2.45, 2.75) is 13.3 Å². The lowest BCUT2D eigenvalue weighted by Crippen LogP contribution is -2.03. The van der Waals surface area contributed by atoms with Gasteiger partial charge in [0.2, 0.25) is 0 Å². The van der Waals surface area contributed by atoms with Crippen LogP contribution in [0.25, 0.3) is 33.9 Å². The predicted molar refractivity (Wildman–Crippen MR) is 109 cm³/mol. The number of benzene rings is 1. The van der Waals surface area contributed by atoms with Crippen molar-refractivity contribution in [3.63, 3.8) is 0 Å². The molecule has 0 radical (unpaired) electrons. The molecule has 0 saturated heterocycles. The third-order valence-electron chi connectivity index (χ3n) is 4.84. The molecule has 0 aliphatic carbocycles. The van der Waals surface area contributed by atoms with Gasteiger partial charge in [0.15, 0.2) is 11.5 Å². The second-order valence-corrected chi connectivity index (χ2v) is 6.78. The maximum atomic E-state index is 13.6. The molecule has 0 N–H and O–H groups in total. The predicted octanol–water partition coefficient (Wildman–Crippen LogP) is 4.91. The van der Waals surface area contributed by atoms with Crippen LogP contribution in [0.15, 0.2) is 73.3 Å². The van der Waals surface area contributed by atoms with Gasteiger partial charge in [-0.05, 0) is 55.5 Å². The van der Waals surface area contributed by atoms with Gasteiger partial charge in [0, 0.05) is 35.5 Å². The molecule has 0 amide bonds. The minimum atomic E-state index is -2.72. The monoisotopic (exact) mass is 402 g/mol. The number of alkyl halides is 2. The van der Waals surface area contributed by atoms with E-state index in [9.17, 15) is 8.78 Å². The fourth-order valence-corrected chi connectivity index (χ4v) is 3.42. The molecule has 1 aromatic carbocycles. The summed E-state index contributed by atoms with van der Waals surface area (Å²) in [7, 11) is 0. The first kappa shape index (κ1) is 18.1. The largest absolute Gasteiger partial charge is 0.298 e. The molecule has 0 saturated carbocycles. The standard InChI is InChI=1S/C22H16F2N6/c1-14-4-7-17(13-27-14)29-12-11-26-20(29)15-5-8-16(9-6-15)30-21-18(3-2-10-25-21)28-22(30)19(23)24/h2-13,19H,1H3. The van der Waals surface area contributed by atoms with E-state index in [-0.39, 0.29) is 5.82 Å². The highest BCUT2D eigenvalue weighted by Crippen LogP contribution is 2.28. The molecule has 4 heterocycles. The Balaban J connectivity index is 1.57. The normalized spacial score (nSPS) is 11.5. The summed E-state index contributed by atoms with van der Waals surface area (Å²) in [5.41, 5.74) is 4.06. The Kier molecular flexibility index (Phi) is 4.31. The summed E-state index contributed by atoms with van der Waals surface area (Å²) in [4.78, 5) is 17.1. The lowest BCUT2D eigenvalue weighted by molar-refractivity contribution is 0.139. The Labute approximate surface area is 170 Å². The highest BCUT2D eigenvalue weighted by atomic mass is 19.3. The number of pyridine rings is 2. The van der Waals surface area contributed by atoms with Crippen LogP contribution in [0.5, 0.6) is 0 Å². The number of hydrogen-bond donors (Lipinski definition) is 0. The van der Waals surface area contributed by atoms with E-state index in [1.165, 1.54) is 4.57 Å². The van der Waals surface area contributed by atoms with Gasteiger partial charge in [-0.3, -0.25) is 14.1 Å². The summed E-state index contributed by atoms with van der Waals surface area (Å²) in [6, 6.07) is 14.5. The first-order chi connectivity index (χ1) is 14.6. The molecule has 0 aliphatic heterocycles. The molecule has 0 bridgehead atoms. The van der Waals surface area contributed by atoms with E-state index in [0.717, 1.165) is 22.8 Å². The van der Waals surface area contributed by atoms with Crippen molar-refractivity contribution in [1.29, 1.82) is 0 Å². The van der Waals surface area contributed by atoms with Gasteiger partial charge in [0.1, 0.15) is 11.3 Å². The van der Waals surface area contributed by atoms with Gasteiger partial charge in [-0.25, -0.2) is 23.7 Å². The molecule has 0 unspecified atom stereocenters. The second-order valence-electron chi connectivity index (χ2n) is 6.78. The maximum Gasteiger partial charge on any atom is 0.296 e. The van der Waals surface area contributed by atoms with E-state index in [1.54, 1.807) is 42.9 Å². The van der Waals surface area contributed by atoms with Crippen LogP contribution in [0.4, 0.5) is 8.78 Å². The number of hydrogen-bond acceptors (Lipinski definition) is 4. The smallest absolute Gasteiger partial charge is 0.296 e. The molecule has 0 fully saturated rings. The van der Waals surface area contributed by atoms with Gasteiger partial charge in [-0.15, -0.1) is 0 Å². The maximum absolute atomic E-state index is 13.6. The van der Waals surface area contributed by atoms with E-state index in [4.69, 9.17) is 0 Å². The highest BCUT2D eigenvalue weighted by molar-refractivity contribution is 5.74. The minimum absolute atomic E-state index is 0.330. The van der Waals surface area contributed by atoms with Crippen LogP contribution < -0.4 is 0 Å². The molecule has 0 aliphatic rings. The van der Waals surface area contributed by atoms with Crippen LogP contribution in [0.3, 0.4) is 0 Å². The zero-order valence-electron chi connectivity index (χ0n) is 15.9. The summed E-state index contributed by atoms with van der Waals surface area (Å²) in [5.74, 6) is 0.401. The van der Waals surface area contributed by atoms with Crippen molar-refractivity contribution < 1.29 is 8.78 Å². The summed E-state index contributed by atoms with van der Waals surface area (Å²) in [6.07, 6.45) is 4.21. The number of aromatic nitrogens is 6. The lowest BCUT2D eigenvalue weighted by atomic mass is 10.2. The van der Waals surface area contributed by atoms with Gasteiger partial charge in [0.05, 0.1) is 11.9 Å². The second kappa shape index (κ2) is 7.14. The average molecular weight is 402 g/mol. The van der Waals surface area contributed by atoms with Gasteiger partial charge in [-0.1, -0.05) is 0 Å². The Morgan fingerprint density at radius 3 is 2.40 bits per heavy atom. The van der Waals surface area contributed by atoms with Crippen LogP contribution in [0.1, 0.15) is 17.9 Å². The number of halogens is 2. The van der Waals surface area contributed by atoms with Crippen molar-refractivity contribution in [3.05, 3.63) is 84.8 Å². The number of fused-ring (bicyclic) bond motifs is 1. The van der Waals surface area contributed by atoms with Crippen LogP contribution >= 0.6 is 0 Å². The van der Waals surface area contributed by atoms with E-state index in [0.29, 0.717) is 16.9 Å². The van der Waals surface area contributed by atoms with Crippen LogP contribution in [0.2, 0.25) is 0 Å². The summed E-state index contributed by atoms with van der Waals surface area (Å²) in [5, 5.41) is 0. The van der Waals surface area contributed by atoms with Crippen LogP contribution in [-0.2, 0) is 0 Å². The topological polar surface area (TPSA) is 61.4 Å². The molecule has 0 atom stereocenters. The summed E-state index contributed by atoms with van der Waals surface area (Å²) >= 11 is 0. The Morgan fingerprint density at radius 1 is 0.867 bits per heavy atom. The zero-order chi connectivity index (χ0) is 20.7. The van der Waals surface area contributed by atoms with Gasteiger partial charge >= 0.3 is 0 Å². The first-order valence-electron chi connectivity index (χ1n) is 9.30. The Hall–Kier alpha value is -3.94. The molecule has 4 aromatic heterocycles. The highest BCUT2D eigenvalue weighted by Gasteiger charge is 2.21. The van der Waals surface area contributed by atoms with E-state index in [1.807, 2.05) is 42.0 Å². The first-order valence-corrected chi connectivity index (χ1v) is 9.30. The lowest BCUT2D eigenvalue weighted by Gasteiger charge is -2.11. The van der Waals surface area contributed by atoms with Crippen molar-refractivity contribution in [2.24, 2.45) is 0 Å². The van der Waals surface area contributed by atoms with Crippen molar-refractivity contribution in [3.8, 4) is 22.8 Å². The number of nitrogens with zero attached hydrogens (tertiary/aromatic N) is 6.